The fourth-order valence-electron chi connectivity index (χ4n) is 1.95. The number of aliphatic imine (C=N–C) groups is 1. The highest BCUT2D eigenvalue weighted by molar-refractivity contribution is 14.0. The molecule has 134 valence electrons. The third-order valence-electron chi connectivity index (χ3n) is 3.03. The van der Waals surface area contributed by atoms with Crippen molar-refractivity contribution < 1.29 is 9.13 Å². The number of nitrogens with one attached hydrogen (secondary N) is 2. The Morgan fingerprint density at radius 2 is 2.16 bits per heavy atom. The summed E-state index contributed by atoms with van der Waals surface area (Å²) in [6.07, 6.45) is 3.39. The molecule has 1 heterocycles. The minimum Gasteiger partial charge on any atom is -0.439 e. The number of pyridine rings is 1. The summed E-state index contributed by atoms with van der Waals surface area (Å²) in [5.74, 6) is 1.13. The van der Waals surface area contributed by atoms with Crippen molar-refractivity contribution in [1.29, 1.82) is 0 Å². The molecule has 0 aliphatic carbocycles. The van der Waals surface area contributed by atoms with Crippen LogP contribution in [0, 0.1) is 5.82 Å². The Hall–Kier alpha value is -2.16. The number of benzene rings is 1. The van der Waals surface area contributed by atoms with Crippen molar-refractivity contribution in [3.63, 3.8) is 0 Å². The lowest BCUT2D eigenvalue weighted by atomic mass is 10.2. The highest BCUT2D eigenvalue weighted by Crippen LogP contribution is 2.23. The van der Waals surface area contributed by atoms with Gasteiger partial charge < -0.3 is 15.4 Å². The molecule has 2 aromatic rings. The minimum atomic E-state index is -0.356. The van der Waals surface area contributed by atoms with E-state index in [1.165, 1.54) is 12.1 Å². The van der Waals surface area contributed by atoms with Crippen molar-refractivity contribution in [3.8, 4) is 11.6 Å². The molecule has 7 heteroatoms. The van der Waals surface area contributed by atoms with Gasteiger partial charge in [0.25, 0.3) is 0 Å². The van der Waals surface area contributed by atoms with Gasteiger partial charge in [0, 0.05) is 30.9 Å². The standard InChI is InChI=1S/C18H21FN4O.HI/c1-3-10-22-18(20-4-2)23-13-14-7-6-11-21-17(14)24-16-9-5-8-15(19)12-16;/h3,5-9,11-12H,1,4,10,13H2,2H3,(H2,20,22,23);1H. The van der Waals surface area contributed by atoms with E-state index in [2.05, 4.69) is 27.2 Å². The Labute approximate surface area is 164 Å². The van der Waals surface area contributed by atoms with Gasteiger partial charge in [-0.05, 0) is 25.1 Å². The molecule has 0 spiro atoms. The maximum atomic E-state index is 13.3. The largest absolute Gasteiger partial charge is 0.439 e. The molecule has 2 rings (SSSR count). The summed E-state index contributed by atoms with van der Waals surface area (Å²) in [4.78, 5) is 8.71. The molecule has 0 aliphatic rings. The molecule has 0 atom stereocenters. The topological polar surface area (TPSA) is 58.5 Å². The molecule has 0 fully saturated rings. The first-order chi connectivity index (χ1) is 11.7. The third-order valence-corrected chi connectivity index (χ3v) is 3.03. The molecule has 25 heavy (non-hydrogen) atoms. The van der Waals surface area contributed by atoms with Crippen LogP contribution in [0.2, 0.25) is 0 Å². The van der Waals surface area contributed by atoms with E-state index in [1.807, 2.05) is 19.1 Å². The molecule has 2 N–H and O–H groups in total. The number of hydrogen-bond acceptors (Lipinski definition) is 3. The van der Waals surface area contributed by atoms with Crippen LogP contribution in [0.15, 0.2) is 60.2 Å². The first-order valence-electron chi connectivity index (χ1n) is 7.73. The lowest BCUT2D eigenvalue weighted by molar-refractivity contribution is 0.452. The van der Waals surface area contributed by atoms with Gasteiger partial charge in [0.15, 0.2) is 5.96 Å². The summed E-state index contributed by atoms with van der Waals surface area (Å²) in [5.41, 5.74) is 0.803. The van der Waals surface area contributed by atoms with E-state index in [1.54, 1.807) is 24.4 Å². The number of ether oxygens (including phenoxy) is 1. The van der Waals surface area contributed by atoms with E-state index >= 15 is 0 Å². The molecule has 0 unspecified atom stereocenters. The quantitative estimate of drug-likeness (QED) is 0.288. The second kappa shape index (κ2) is 11.4. The summed E-state index contributed by atoms with van der Waals surface area (Å²) in [5, 5.41) is 6.27. The second-order valence-corrected chi connectivity index (χ2v) is 4.89. The Kier molecular flexibility index (Phi) is 9.53. The van der Waals surface area contributed by atoms with Crippen molar-refractivity contribution in [1.82, 2.24) is 15.6 Å². The van der Waals surface area contributed by atoms with Gasteiger partial charge in [-0.1, -0.05) is 18.2 Å². The molecule has 0 bridgehead atoms. The molecule has 0 aliphatic heterocycles. The van der Waals surface area contributed by atoms with E-state index in [9.17, 15) is 4.39 Å². The number of halogens is 2. The highest BCUT2D eigenvalue weighted by Gasteiger charge is 2.07. The monoisotopic (exact) mass is 456 g/mol. The van der Waals surface area contributed by atoms with Crippen molar-refractivity contribution in [2.75, 3.05) is 13.1 Å². The van der Waals surface area contributed by atoms with Crippen molar-refractivity contribution in [3.05, 3.63) is 66.6 Å². The van der Waals surface area contributed by atoms with Gasteiger partial charge in [0.05, 0.1) is 6.54 Å². The number of rotatable bonds is 7. The van der Waals surface area contributed by atoms with Crippen molar-refractivity contribution in [2.45, 2.75) is 13.5 Å². The predicted octanol–water partition coefficient (Wildman–Crippen LogP) is 3.87. The number of hydrogen-bond donors (Lipinski definition) is 2. The Morgan fingerprint density at radius 1 is 1.32 bits per heavy atom. The van der Waals surface area contributed by atoms with Crippen LogP contribution in [0.3, 0.4) is 0 Å². The van der Waals surface area contributed by atoms with Gasteiger partial charge in [-0.3, -0.25) is 0 Å². The normalized spacial score (nSPS) is 10.6. The Morgan fingerprint density at radius 3 is 2.88 bits per heavy atom. The van der Waals surface area contributed by atoms with E-state index in [0.29, 0.717) is 30.7 Å². The first kappa shape index (κ1) is 20.9. The molecular weight excluding hydrogens is 434 g/mol. The molecular formula is C18H22FIN4O. The van der Waals surface area contributed by atoms with Gasteiger partial charge in [0.2, 0.25) is 5.88 Å². The summed E-state index contributed by atoms with van der Waals surface area (Å²) >= 11 is 0. The van der Waals surface area contributed by atoms with Crippen LogP contribution in [0.1, 0.15) is 12.5 Å². The van der Waals surface area contributed by atoms with Gasteiger partial charge in [-0.15, -0.1) is 30.6 Å². The fourth-order valence-corrected chi connectivity index (χ4v) is 1.95. The molecule has 0 saturated carbocycles. The molecule has 1 aromatic carbocycles. The average Bonchev–Trinajstić information content (AvgIpc) is 2.58. The number of aromatic nitrogens is 1. The summed E-state index contributed by atoms with van der Waals surface area (Å²) in [6.45, 7) is 7.42. The van der Waals surface area contributed by atoms with Crippen LogP contribution < -0.4 is 15.4 Å². The zero-order chi connectivity index (χ0) is 17.2. The first-order valence-corrected chi connectivity index (χ1v) is 7.73. The van der Waals surface area contributed by atoms with Gasteiger partial charge in [-0.25, -0.2) is 14.4 Å². The van der Waals surface area contributed by atoms with Crippen molar-refractivity contribution >= 4 is 29.9 Å². The fraction of sp³-hybridized carbons (Fsp3) is 0.222. The summed E-state index contributed by atoms with van der Waals surface area (Å²) < 4.78 is 19.0. The maximum absolute atomic E-state index is 13.3. The number of nitrogens with zero attached hydrogens (tertiary/aromatic N) is 2. The minimum absolute atomic E-state index is 0. The Balaban J connectivity index is 0.00000312. The SMILES string of the molecule is C=CCNC(=NCc1cccnc1Oc1cccc(F)c1)NCC.I. The van der Waals surface area contributed by atoms with E-state index in [-0.39, 0.29) is 29.8 Å². The van der Waals surface area contributed by atoms with Crippen LogP contribution in [0.5, 0.6) is 11.6 Å². The maximum Gasteiger partial charge on any atom is 0.224 e. The molecule has 0 saturated heterocycles. The highest BCUT2D eigenvalue weighted by atomic mass is 127. The zero-order valence-electron chi connectivity index (χ0n) is 14.0. The van der Waals surface area contributed by atoms with E-state index < -0.39 is 0 Å². The smallest absolute Gasteiger partial charge is 0.224 e. The predicted molar refractivity (Wildman–Crippen MR) is 109 cm³/mol. The lowest BCUT2D eigenvalue weighted by Gasteiger charge is -2.11. The second-order valence-electron chi connectivity index (χ2n) is 4.89. The van der Waals surface area contributed by atoms with E-state index in [4.69, 9.17) is 4.74 Å². The Bertz CT molecular complexity index is 709. The van der Waals surface area contributed by atoms with Gasteiger partial charge in [0.1, 0.15) is 11.6 Å². The third kappa shape index (κ3) is 7.08. The van der Waals surface area contributed by atoms with Crippen LogP contribution in [-0.2, 0) is 6.54 Å². The summed E-state index contributed by atoms with van der Waals surface area (Å²) in [6, 6.07) is 9.64. The van der Waals surface area contributed by atoms with E-state index in [0.717, 1.165) is 12.1 Å². The number of guanidine groups is 1. The van der Waals surface area contributed by atoms with Gasteiger partial charge >= 0.3 is 0 Å². The van der Waals surface area contributed by atoms with Crippen LogP contribution >= 0.6 is 24.0 Å². The molecule has 1 aromatic heterocycles. The zero-order valence-corrected chi connectivity index (χ0v) is 16.4. The molecule has 0 radical (unpaired) electrons. The van der Waals surface area contributed by atoms with Crippen LogP contribution in [0.25, 0.3) is 0 Å². The average molecular weight is 456 g/mol. The molecule has 0 amide bonds. The molecule has 5 nitrogen and oxygen atoms in total. The van der Waals surface area contributed by atoms with Crippen LogP contribution in [0.4, 0.5) is 4.39 Å². The van der Waals surface area contributed by atoms with Gasteiger partial charge in [-0.2, -0.15) is 0 Å². The summed E-state index contributed by atoms with van der Waals surface area (Å²) in [7, 11) is 0. The van der Waals surface area contributed by atoms with Crippen LogP contribution in [-0.4, -0.2) is 24.0 Å². The lowest BCUT2D eigenvalue weighted by Crippen LogP contribution is -2.37. The van der Waals surface area contributed by atoms with Crippen molar-refractivity contribution in [2.24, 2.45) is 4.99 Å².